The van der Waals surface area contributed by atoms with Crippen LogP contribution < -0.4 is 5.32 Å². The van der Waals surface area contributed by atoms with E-state index in [4.69, 9.17) is 6.42 Å². The van der Waals surface area contributed by atoms with Crippen LogP contribution in [-0.4, -0.2) is 32.9 Å². The zero-order chi connectivity index (χ0) is 11.3. The minimum absolute atomic E-state index is 0.111. The zero-order valence-corrected chi connectivity index (χ0v) is 9.39. The van der Waals surface area contributed by atoms with E-state index in [0.717, 1.165) is 5.82 Å². The monoisotopic (exact) mass is 224 g/mol. The van der Waals surface area contributed by atoms with Gasteiger partial charge in [0.15, 0.2) is 0 Å². The molecular weight excluding hydrogens is 212 g/mol. The summed E-state index contributed by atoms with van der Waals surface area (Å²) in [5, 5.41) is 9.54. The van der Waals surface area contributed by atoms with Crippen molar-refractivity contribution in [2.24, 2.45) is 0 Å². The maximum Gasteiger partial charge on any atom is 0.234 e. The van der Waals surface area contributed by atoms with Crippen LogP contribution in [0.2, 0.25) is 0 Å². The Morgan fingerprint density at radius 2 is 2.53 bits per heavy atom. The summed E-state index contributed by atoms with van der Waals surface area (Å²) in [5.41, 5.74) is 0. The van der Waals surface area contributed by atoms with Crippen LogP contribution in [0, 0.1) is 19.3 Å². The number of aromatic nitrogens is 3. The van der Waals surface area contributed by atoms with Crippen molar-refractivity contribution in [3.8, 4) is 12.3 Å². The van der Waals surface area contributed by atoms with E-state index in [1.54, 1.807) is 13.8 Å². The number of carbonyl (C=O) groups is 1. The fraction of sp³-hybridized carbons (Fsp3) is 0.444. The summed E-state index contributed by atoms with van der Waals surface area (Å²) in [6.45, 7) is 3.83. The highest BCUT2D eigenvalue weighted by Gasteiger charge is 2.15. The summed E-state index contributed by atoms with van der Waals surface area (Å²) < 4.78 is 0. The fourth-order valence-electron chi connectivity index (χ4n) is 0.868. The molecule has 0 bridgehead atoms. The summed E-state index contributed by atoms with van der Waals surface area (Å²) in [5.74, 6) is 2.96. The van der Waals surface area contributed by atoms with E-state index in [9.17, 15) is 4.79 Å². The van der Waals surface area contributed by atoms with Gasteiger partial charge in [-0.05, 0) is 13.8 Å². The van der Waals surface area contributed by atoms with Crippen molar-refractivity contribution in [2.45, 2.75) is 24.3 Å². The molecule has 1 aromatic rings. The number of thioether (sulfide) groups is 1. The van der Waals surface area contributed by atoms with Crippen LogP contribution in [0.3, 0.4) is 0 Å². The molecule has 0 fully saturated rings. The zero-order valence-electron chi connectivity index (χ0n) is 8.57. The average Bonchev–Trinajstić information content (AvgIpc) is 2.60. The maximum atomic E-state index is 11.4. The van der Waals surface area contributed by atoms with E-state index in [0.29, 0.717) is 5.16 Å². The molecule has 0 aromatic carbocycles. The Balaban J connectivity index is 2.45. The third-order valence-corrected chi connectivity index (χ3v) is 2.55. The Morgan fingerprint density at radius 3 is 3.07 bits per heavy atom. The van der Waals surface area contributed by atoms with E-state index in [2.05, 4.69) is 26.4 Å². The highest BCUT2D eigenvalue weighted by Crippen LogP contribution is 2.18. The molecule has 1 aromatic heterocycles. The number of hydrogen-bond donors (Lipinski definition) is 2. The highest BCUT2D eigenvalue weighted by molar-refractivity contribution is 8.00. The van der Waals surface area contributed by atoms with Gasteiger partial charge in [0, 0.05) is 0 Å². The second-order valence-electron chi connectivity index (χ2n) is 2.89. The molecule has 80 valence electrons. The number of nitrogens with one attached hydrogen (secondary N) is 2. The molecule has 6 heteroatoms. The van der Waals surface area contributed by atoms with Crippen LogP contribution in [0.5, 0.6) is 0 Å². The number of rotatable bonds is 4. The molecule has 0 saturated heterocycles. The average molecular weight is 224 g/mol. The van der Waals surface area contributed by atoms with Crippen LogP contribution in [-0.2, 0) is 4.79 Å². The molecule has 0 aliphatic rings. The smallest absolute Gasteiger partial charge is 0.234 e. The number of aromatic amines is 1. The van der Waals surface area contributed by atoms with Gasteiger partial charge in [-0.25, -0.2) is 4.98 Å². The summed E-state index contributed by atoms with van der Waals surface area (Å²) in [7, 11) is 0. The second kappa shape index (κ2) is 5.41. The lowest BCUT2D eigenvalue weighted by molar-refractivity contribution is -0.120. The van der Waals surface area contributed by atoms with E-state index < -0.39 is 0 Å². The fourth-order valence-corrected chi connectivity index (χ4v) is 1.66. The van der Waals surface area contributed by atoms with Gasteiger partial charge in [0.05, 0.1) is 11.8 Å². The lowest BCUT2D eigenvalue weighted by atomic mass is 10.4. The van der Waals surface area contributed by atoms with Crippen molar-refractivity contribution < 1.29 is 4.79 Å². The molecule has 0 spiro atoms. The standard InChI is InChI=1S/C9H12N4OS/c1-4-5-10-8(14)6(2)15-9-11-7(3)12-13-9/h1,6H,5H2,2-3H3,(H,10,14)(H,11,12,13). The molecule has 1 heterocycles. The number of H-pyrrole nitrogens is 1. The van der Waals surface area contributed by atoms with Crippen LogP contribution in [0.4, 0.5) is 0 Å². The molecule has 5 nitrogen and oxygen atoms in total. The highest BCUT2D eigenvalue weighted by atomic mass is 32.2. The van der Waals surface area contributed by atoms with Gasteiger partial charge in [-0.15, -0.1) is 11.5 Å². The summed E-state index contributed by atoms with van der Waals surface area (Å²) in [4.78, 5) is 15.5. The molecule has 0 aliphatic heterocycles. The summed E-state index contributed by atoms with van der Waals surface area (Å²) in [6, 6.07) is 0. The first-order valence-electron chi connectivity index (χ1n) is 4.40. The largest absolute Gasteiger partial charge is 0.344 e. The second-order valence-corrected chi connectivity index (χ2v) is 4.19. The van der Waals surface area contributed by atoms with Gasteiger partial charge in [-0.3, -0.25) is 9.89 Å². The van der Waals surface area contributed by atoms with Crippen molar-refractivity contribution >= 4 is 17.7 Å². The number of carbonyl (C=O) groups excluding carboxylic acids is 1. The Kier molecular flexibility index (Phi) is 4.18. The van der Waals surface area contributed by atoms with Gasteiger partial charge in [0.25, 0.3) is 0 Å². The molecule has 1 unspecified atom stereocenters. The van der Waals surface area contributed by atoms with Gasteiger partial charge in [0.2, 0.25) is 11.1 Å². The van der Waals surface area contributed by atoms with Crippen molar-refractivity contribution in [1.29, 1.82) is 0 Å². The van der Waals surface area contributed by atoms with Gasteiger partial charge in [-0.2, -0.15) is 0 Å². The van der Waals surface area contributed by atoms with Gasteiger partial charge >= 0.3 is 0 Å². The lowest BCUT2D eigenvalue weighted by Crippen LogP contribution is -2.31. The number of nitrogens with zero attached hydrogens (tertiary/aromatic N) is 2. The lowest BCUT2D eigenvalue weighted by Gasteiger charge is -2.07. The minimum atomic E-state index is -0.256. The van der Waals surface area contributed by atoms with Gasteiger partial charge in [0.1, 0.15) is 5.82 Å². The Bertz CT molecular complexity index is 382. The van der Waals surface area contributed by atoms with Crippen molar-refractivity contribution in [3.63, 3.8) is 0 Å². The third kappa shape index (κ3) is 3.64. The van der Waals surface area contributed by atoms with Crippen LogP contribution in [0.25, 0.3) is 0 Å². The molecule has 1 atom stereocenters. The van der Waals surface area contributed by atoms with Crippen LogP contribution >= 0.6 is 11.8 Å². The molecule has 0 saturated carbocycles. The van der Waals surface area contributed by atoms with E-state index in [1.807, 2.05) is 0 Å². The number of hydrogen-bond acceptors (Lipinski definition) is 4. The molecular formula is C9H12N4OS. The maximum absolute atomic E-state index is 11.4. The first-order chi connectivity index (χ1) is 7.13. The molecule has 15 heavy (non-hydrogen) atoms. The van der Waals surface area contributed by atoms with E-state index >= 15 is 0 Å². The molecule has 0 aliphatic carbocycles. The Labute approximate surface area is 92.4 Å². The SMILES string of the molecule is C#CCNC(=O)C(C)Sc1n[nH]c(C)n1. The predicted molar refractivity (Wildman–Crippen MR) is 58.3 cm³/mol. The summed E-state index contributed by atoms with van der Waals surface area (Å²) in [6.07, 6.45) is 5.03. The first-order valence-corrected chi connectivity index (χ1v) is 5.28. The summed E-state index contributed by atoms with van der Waals surface area (Å²) >= 11 is 1.29. The van der Waals surface area contributed by atoms with Crippen molar-refractivity contribution in [2.75, 3.05) is 6.54 Å². The Morgan fingerprint density at radius 1 is 1.80 bits per heavy atom. The number of aryl methyl sites for hydroxylation is 1. The number of amides is 1. The van der Waals surface area contributed by atoms with E-state index in [1.165, 1.54) is 11.8 Å². The third-order valence-electron chi connectivity index (χ3n) is 1.59. The van der Waals surface area contributed by atoms with Gasteiger partial charge in [-0.1, -0.05) is 17.7 Å². The molecule has 0 radical (unpaired) electrons. The molecule has 2 N–H and O–H groups in total. The van der Waals surface area contributed by atoms with Crippen LogP contribution in [0.15, 0.2) is 5.16 Å². The Hall–Kier alpha value is -1.48. The van der Waals surface area contributed by atoms with Crippen molar-refractivity contribution in [3.05, 3.63) is 5.82 Å². The predicted octanol–water partition coefficient (Wildman–Crippen LogP) is 0.343. The van der Waals surface area contributed by atoms with Gasteiger partial charge < -0.3 is 5.32 Å². The quantitative estimate of drug-likeness (QED) is 0.571. The first kappa shape index (κ1) is 11.6. The van der Waals surface area contributed by atoms with Crippen molar-refractivity contribution in [1.82, 2.24) is 20.5 Å². The topological polar surface area (TPSA) is 70.7 Å². The molecule has 1 amide bonds. The normalized spacial score (nSPS) is 11.8. The number of terminal acetylenes is 1. The van der Waals surface area contributed by atoms with Crippen LogP contribution in [0.1, 0.15) is 12.7 Å². The molecule has 1 rings (SSSR count). The minimum Gasteiger partial charge on any atom is -0.344 e. The van der Waals surface area contributed by atoms with E-state index in [-0.39, 0.29) is 17.7 Å².